The van der Waals surface area contributed by atoms with E-state index in [1.54, 1.807) is 0 Å². The van der Waals surface area contributed by atoms with E-state index in [-0.39, 0.29) is 5.41 Å². The van der Waals surface area contributed by atoms with Gasteiger partial charge in [0.1, 0.15) is 5.69 Å². The minimum Gasteiger partial charge on any atom is -0.297 e. The molecule has 1 saturated heterocycles. The number of likely N-dealkylation sites (tertiary alicyclic amines) is 1. The summed E-state index contributed by atoms with van der Waals surface area (Å²) in [6, 6.07) is 9.23. The summed E-state index contributed by atoms with van der Waals surface area (Å²) in [5.41, 5.74) is 6.94. The number of fused-ring (bicyclic) bond motifs is 1. The summed E-state index contributed by atoms with van der Waals surface area (Å²) in [5, 5.41) is 8.01. The van der Waals surface area contributed by atoms with E-state index in [0.717, 1.165) is 36.4 Å². The summed E-state index contributed by atoms with van der Waals surface area (Å²) in [5.74, 6) is 0.583. The van der Waals surface area contributed by atoms with Crippen LogP contribution in [-0.4, -0.2) is 53.4 Å². The SMILES string of the molecule is CCn1nccc1CN1CCC(c2nc(-c3ccc4c(c3)[N+](C)(C)CCC4(C)C)cs2)CC1. The van der Waals surface area contributed by atoms with Crippen molar-refractivity contribution in [2.75, 3.05) is 33.7 Å². The first-order valence-corrected chi connectivity index (χ1v) is 13.3. The van der Waals surface area contributed by atoms with Gasteiger partial charge in [-0.2, -0.15) is 5.10 Å². The molecule has 4 heterocycles. The first-order chi connectivity index (χ1) is 15.8. The lowest BCUT2D eigenvalue weighted by molar-refractivity contribution is 0.199. The summed E-state index contributed by atoms with van der Waals surface area (Å²) >= 11 is 1.85. The molecule has 2 aliphatic heterocycles. The Kier molecular flexibility index (Phi) is 5.96. The Balaban J connectivity index is 1.29. The molecule has 0 radical (unpaired) electrons. The van der Waals surface area contributed by atoms with Gasteiger partial charge in [0.05, 0.1) is 37.0 Å². The quantitative estimate of drug-likeness (QED) is 0.457. The Labute approximate surface area is 202 Å². The van der Waals surface area contributed by atoms with Gasteiger partial charge in [-0.25, -0.2) is 4.98 Å². The summed E-state index contributed by atoms with van der Waals surface area (Å²) in [6.07, 6.45) is 5.53. The van der Waals surface area contributed by atoms with Gasteiger partial charge >= 0.3 is 0 Å². The molecule has 6 heteroatoms. The van der Waals surface area contributed by atoms with Crippen molar-refractivity contribution in [1.29, 1.82) is 0 Å². The second-order valence-electron chi connectivity index (χ2n) is 11.0. The van der Waals surface area contributed by atoms with Crippen LogP contribution in [0.5, 0.6) is 0 Å². The molecule has 0 spiro atoms. The molecule has 0 amide bonds. The van der Waals surface area contributed by atoms with Crippen LogP contribution in [0, 0.1) is 0 Å². The Morgan fingerprint density at radius 3 is 2.70 bits per heavy atom. The van der Waals surface area contributed by atoms with Gasteiger partial charge in [0.15, 0.2) is 0 Å². The number of hydrogen-bond acceptors (Lipinski definition) is 4. The van der Waals surface area contributed by atoms with Crippen LogP contribution >= 0.6 is 11.3 Å². The Bertz CT molecular complexity index is 1120. The fourth-order valence-corrected chi connectivity index (χ4v) is 6.53. The number of quaternary nitrogens is 1. The number of piperidine rings is 1. The highest BCUT2D eigenvalue weighted by Crippen LogP contribution is 2.44. The minimum atomic E-state index is 0.248. The molecule has 2 aliphatic rings. The Morgan fingerprint density at radius 2 is 1.94 bits per heavy atom. The maximum absolute atomic E-state index is 5.14. The number of nitrogens with zero attached hydrogens (tertiary/aromatic N) is 5. The Hall–Kier alpha value is -2.02. The van der Waals surface area contributed by atoms with E-state index < -0.39 is 0 Å². The average molecular weight is 465 g/mol. The van der Waals surface area contributed by atoms with E-state index in [1.807, 2.05) is 17.5 Å². The third kappa shape index (κ3) is 4.41. The number of rotatable bonds is 5. The monoisotopic (exact) mass is 464 g/mol. The van der Waals surface area contributed by atoms with Gasteiger partial charge in [0, 0.05) is 59.6 Å². The lowest BCUT2D eigenvalue weighted by Crippen LogP contribution is -2.48. The van der Waals surface area contributed by atoms with Crippen molar-refractivity contribution < 1.29 is 0 Å². The standard InChI is InChI=1S/C27H38N5S/c1-6-31-22(9-13-28-31)18-30-14-10-20(11-15-30)26-29-24(19-33-26)21-7-8-23-25(17-21)32(4,5)16-12-27(23,2)3/h7-9,13,17,19-20H,6,10-12,14-16,18H2,1-5H3/q+1. The molecule has 0 atom stereocenters. The van der Waals surface area contributed by atoms with E-state index in [1.165, 1.54) is 53.3 Å². The lowest BCUT2D eigenvalue weighted by Gasteiger charge is -2.42. The van der Waals surface area contributed by atoms with Gasteiger partial charge < -0.3 is 0 Å². The highest BCUT2D eigenvalue weighted by molar-refractivity contribution is 7.10. The smallest absolute Gasteiger partial charge is 0.136 e. The van der Waals surface area contributed by atoms with Crippen LogP contribution in [0.1, 0.15) is 62.2 Å². The van der Waals surface area contributed by atoms with E-state index >= 15 is 0 Å². The van der Waals surface area contributed by atoms with Gasteiger partial charge in [0.25, 0.3) is 0 Å². The maximum atomic E-state index is 5.14. The summed E-state index contributed by atoms with van der Waals surface area (Å²) in [4.78, 5) is 7.71. The molecule has 33 heavy (non-hydrogen) atoms. The predicted octanol–water partition coefficient (Wildman–Crippen LogP) is 5.65. The molecule has 176 valence electrons. The molecule has 1 aromatic carbocycles. The zero-order chi connectivity index (χ0) is 23.2. The van der Waals surface area contributed by atoms with Crippen LogP contribution in [0.3, 0.4) is 0 Å². The molecular weight excluding hydrogens is 426 g/mol. The van der Waals surface area contributed by atoms with E-state index in [9.17, 15) is 0 Å². The molecule has 0 N–H and O–H groups in total. The zero-order valence-corrected chi connectivity index (χ0v) is 21.7. The van der Waals surface area contributed by atoms with E-state index in [2.05, 4.69) is 79.2 Å². The van der Waals surface area contributed by atoms with Gasteiger partial charge in [-0.15, -0.1) is 11.3 Å². The molecule has 0 saturated carbocycles. The number of aryl methyl sites for hydroxylation is 1. The summed E-state index contributed by atoms with van der Waals surface area (Å²) < 4.78 is 3.07. The number of aromatic nitrogens is 3. The van der Waals surface area contributed by atoms with Crippen LogP contribution < -0.4 is 4.48 Å². The van der Waals surface area contributed by atoms with Gasteiger partial charge in [0.2, 0.25) is 0 Å². The van der Waals surface area contributed by atoms with Crippen molar-refractivity contribution in [2.24, 2.45) is 0 Å². The van der Waals surface area contributed by atoms with Crippen LogP contribution in [-0.2, 0) is 18.5 Å². The third-order valence-electron chi connectivity index (χ3n) is 7.92. The molecule has 2 aromatic heterocycles. The van der Waals surface area contributed by atoms with E-state index in [4.69, 9.17) is 4.98 Å². The number of benzene rings is 1. The second kappa shape index (κ2) is 8.64. The van der Waals surface area contributed by atoms with Gasteiger partial charge in [-0.1, -0.05) is 26.0 Å². The van der Waals surface area contributed by atoms with Crippen molar-refractivity contribution in [3.05, 3.63) is 52.1 Å². The van der Waals surface area contributed by atoms with Crippen molar-refractivity contribution in [2.45, 2.75) is 64.5 Å². The van der Waals surface area contributed by atoms with Crippen molar-refractivity contribution in [3.8, 4) is 11.3 Å². The predicted molar refractivity (Wildman–Crippen MR) is 139 cm³/mol. The van der Waals surface area contributed by atoms with Gasteiger partial charge in [-0.05, 0) is 38.9 Å². The molecule has 0 aliphatic carbocycles. The fraction of sp³-hybridized carbons (Fsp3) is 0.556. The van der Waals surface area contributed by atoms with E-state index in [0.29, 0.717) is 5.92 Å². The molecular formula is C27H38N5S+. The number of hydrogen-bond donors (Lipinski definition) is 0. The number of thiazole rings is 1. The van der Waals surface area contributed by atoms with Crippen molar-refractivity contribution in [1.82, 2.24) is 24.1 Å². The highest BCUT2D eigenvalue weighted by Gasteiger charge is 2.38. The van der Waals surface area contributed by atoms with Crippen LogP contribution in [0.2, 0.25) is 0 Å². The normalized spacial score (nSPS) is 20.6. The minimum absolute atomic E-state index is 0.248. The molecule has 5 nitrogen and oxygen atoms in total. The summed E-state index contributed by atoms with van der Waals surface area (Å²) in [6.45, 7) is 12.3. The zero-order valence-electron chi connectivity index (χ0n) is 20.8. The van der Waals surface area contributed by atoms with Gasteiger partial charge in [-0.3, -0.25) is 14.1 Å². The average Bonchev–Trinajstić information content (AvgIpc) is 3.47. The van der Waals surface area contributed by atoms with Crippen LogP contribution in [0.4, 0.5) is 5.69 Å². The first kappa shape index (κ1) is 22.8. The topological polar surface area (TPSA) is 34.0 Å². The highest BCUT2D eigenvalue weighted by atomic mass is 32.1. The van der Waals surface area contributed by atoms with Crippen molar-refractivity contribution >= 4 is 17.0 Å². The Morgan fingerprint density at radius 1 is 1.15 bits per heavy atom. The summed E-state index contributed by atoms with van der Waals surface area (Å²) in [7, 11) is 4.68. The lowest BCUT2D eigenvalue weighted by atomic mass is 9.76. The largest absolute Gasteiger partial charge is 0.297 e. The maximum Gasteiger partial charge on any atom is 0.136 e. The second-order valence-corrected chi connectivity index (χ2v) is 11.9. The molecule has 0 bridgehead atoms. The molecule has 3 aromatic rings. The molecule has 5 rings (SSSR count). The van der Waals surface area contributed by atoms with Crippen LogP contribution in [0.15, 0.2) is 35.8 Å². The third-order valence-corrected chi connectivity index (χ3v) is 8.93. The molecule has 0 unspecified atom stereocenters. The van der Waals surface area contributed by atoms with Crippen molar-refractivity contribution in [3.63, 3.8) is 0 Å². The molecule has 1 fully saturated rings. The fourth-order valence-electron chi connectivity index (χ4n) is 5.53. The van der Waals surface area contributed by atoms with Crippen LogP contribution in [0.25, 0.3) is 11.3 Å². The first-order valence-electron chi connectivity index (χ1n) is 12.4.